The number of aliphatic carboxylic acids is 1. The Labute approximate surface area is 224 Å². The molecule has 0 saturated carbocycles. The second-order valence-electron chi connectivity index (χ2n) is 11.7. The minimum Gasteiger partial charge on any atom is -0.481 e. The van der Waals surface area contributed by atoms with Crippen molar-refractivity contribution in [3.63, 3.8) is 0 Å². The van der Waals surface area contributed by atoms with Crippen LogP contribution in [-0.2, 0) is 19.1 Å². The number of hydrogen-bond donors (Lipinski definition) is 5. The summed E-state index contributed by atoms with van der Waals surface area (Å²) in [6, 6.07) is 5.75. The molecule has 0 aromatic heterocycles. The third kappa shape index (κ3) is 8.90. The van der Waals surface area contributed by atoms with E-state index in [9.17, 15) is 29.4 Å². The maximum atomic E-state index is 13.6. The number of rotatable bonds is 10. The van der Waals surface area contributed by atoms with Crippen LogP contribution in [-0.4, -0.2) is 71.5 Å². The number of aliphatic hydroxyl groups excluding tert-OH is 1. The number of benzene rings is 1. The van der Waals surface area contributed by atoms with E-state index in [1.807, 2.05) is 26.0 Å². The lowest BCUT2D eigenvalue weighted by Crippen LogP contribution is -2.52. The van der Waals surface area contributed by atoms with Crippen molar-refractivity contribution in [1.29, 1.82) is 0 Å². The minimum atomic E-state index is -1.18. The molecule has 38 heavy (non-hydrogen) atoms. The Bertz CT molecular complexity index is 1020. The Hall–Kier alpha value is -3.34. The first-order valence-electron chi connectivity index (χ1n) is 12.8. The fourth-order valence-corrected chi connectivity index (χ4v) is 4.45. The van der Waals surface area contributed by atoms with Crippen molar-refractivity contribution in [3.8, 4) is 0 Å². The molecular weight excluding hydrogens is 492 g/mol. The van der Waals surface area contributed by atoms with Crippen LogP contribution in [0, 0.1) is 11.3 Å². The third-order valence-electron chi connectivity index (χ3n) is 6.34. The zero-order valence-corrected chi connectivity index (χ0v) is 23.3. The topological polar surface area (TPSA) is 157 Å². The van der Waals surface area contributed by atoms with Crippen LogP contribution < -0.4 is 20.9 Å². The molecule has 1 aliphatic rings. The van der Waals surface area contributed by atoms with Gasteiger partial charge in [-0.3, -0.25) is 14.4 Å². The van der Waals surface area contributed by atoms with E-state index in [0.717, 1.165) is 0 Å². The van der Waals surface area contributed by atoms with Gasteiger partial charge in [0.25, 0.3) is 0 Å². The molecule has 5 N–H and O–H groups in total. The molecule has 0 aliphatic carbocycles. The molecule has 0 radical (unpaired) electrons. The number of alkyl carbamates (subject to hydrolysis) is 1. The number of carboxylic acid groups (broad SMARTS) is 1. The van der Waals surface area contributed by atoms with Gasteiger partial charge in [-0.15, -0.1) is 0 Å². The number of likely N-dealkylation sites (N-methyl/N-ethyl adjacent to an activating group) is 1. The fraction of sp³-hybridized carbons (Fsp3) is 0.630. The molecule has 0 spiro atoms. The number of para-hydroxylation sites is 2. The summed E-state index contributed by atoms with van der Waals surface area (Å²) in [6.45, 7) is 10.4. The number of nitrogens with zero attached hydrogens (tertiary/aromatic N) is 1. The molecule has 0 fully saturated rings. The number of carboxylic acids is 1. The van der Waals surface area contributed by atoms with Crippen molar-refractivity contribution < 1.29 is 34.1 Å². The second kappa shape index (κ2) is 12.5. The Morgan fingerprint density at radius 3 is 2.37 bits per heavy atom. The van der Waals surface area contributed by atoms with Gasteiger partial charge in [0.1, 0.15) is 11.6 Å². The van der Waals surface area contributed by atoms with E-state index >= 15 is 0 Å². The van der Waals surface area contributed by atoms with Crippen molar-refractivity contribution >= 4 is 35.3 Å². The van der Waals surface area contributed by atoms with Crippen molar-refractivity contribution in [1.82, 2.24) is 10.6 Å². The molecule has 0 bridgehead atoms. The van der Waals surface area contributed by atoms with Gasteiger partial charge < -0.3 is 35.8 Å². The highest BCUT2D eigenvalue weighted by atomic mass is 16.6. The molecule has 212 valence electrons. The molecule has 11 heteroatoms. The monoisotopic (exact) mass is 534 g/mol. The van der Waals surface area contributed by atoms with Gasteiger partial charge in [0.05, 0.1) is 36.0 Å². The highest BCUT2D eigenvalue weighted by Gasteiger charge is 2.37. The van der Waals surface area contributed by atoms with Crippen molar-refractivity contribution in [2.45, 2.75) is 84.6 Å². The normalized spacial score (nSPS) is 17.8. The Balaban J connectivity index is 2.23. The van der Waals surface area contributed by atoms with Crippen LogP contribution in [0.25, 0.3) is 0 Å². The zero-order chi connectivity index (χ0) is 28.8. The maximum Gasteiger partial charge on any atom is 0.407 e. The van der Waals surface area contributed by atoms with E-state index in [0.29, 0.717) is 11.4 Å². The number of hydrogen-bond acceptors (Lipinski definition) is 7. The summed E-state index contributed by atoms with van der Waals surface area (Å²) in [6.07, 6.45) is -1.77. The number of fused-ring (bicyclic) bond motifs is 1. The minimum absolute atomic E-state index is 0.0511. The SMILES string of the molecule is CNC(=O)[C@H]1CN(C(=O)CC(C)(C)C[C@H](NC(=O)OC(C)(C)C)[C@@H](O)C[C@@H](C)C(=O)O)c2ccccc2N1. The van der Waals surface area contributed by atoms with Gasteiger partial charge in [-0.05, 0) is 51.2 Å². The molecule has 1 heterocycles. The molecule has 4 atom stereocenters. The predicted octanol–water partition coefficient (Wildman–Crippen LogP) is 2.73. The summed E-state index contributed by atoms with van der Waals surface area (Å²) in [5.41, 5.74) is -0.156. The van der Waals surface area contributed by atoms with Gasteiger partial charge in [-0.2, -0.15) is 0 Å². The van der Waals surface area contributed by atoms with Crippen LogP contribution in [0.5, 0.6) is 0 Å². The Kier molecular flexibility index (Phi) is 10.1. The number of carbonyl (C=O) groups excluding carboxylic acids is 3. The molecule has 0 unspecified atom stereocenters. The molecule has 2 rings (SSSR count). The van der Waals surface area contributed by atoms with Crippen molar-refractivity contribution in [2.75, 3.05) is 23.8 Å². The molecule has 11 nitrogen and oxygen atoms in total. The second-order valence-corrected chi connectivity index (χ2v) is 11.7. The summed E-state index contributed by atoms with van der Waals surface area (Å²) in [5.74, 6) is -2.36. The molecule has 1 aromatic rings. The van der Waals surface area contributed by atoms with E-state index in [4.69, 9.17) is 4.74 Å². The predicted molar refractivity (Wildman–Crippen MR) is 144 cm³/mol. The standard InChI is InChI=1S/C27H42N4O7/c1-16(24(35)36)12-21(32)18(30-25(37)38-26(2,3)4)13-27(5,6)14-22(33)31-15-19(23(34)28-7)29-17-10-8-9-11-20(17)31/h8-11,16,18-19,21,29,32H,12-15H2,1-7H3,(H,28,34)(H,30,37)(H,35,36)/t16-,18+,19-,21+/m1/s1. The van der Waals surface area contributed by atoms with Crippen LogP contribution in [0.2, 0.25) is 0 Å². The van der Waals surface area contributed by atoms with E-state index in [-0.39, 0.29) is 37.6 Å². The van der Waals surface area contributed by atoms with Gasteiger partial charge >= 0.3 is 12.1 Å². The van der Waals surface area contributed by atoms with Gasteiger partial charge in [0.15, 0.2) is 0 Å². The average molecular weight is 535 g/mol. The lowest BCUT2D eigenvalue weighted by molar-refractivity contribution is -0.142. The first-order chi connectivity index (χ1) is 17.5. The van der Waals surface area contributed by atoms with E-state index in [2.05, 4.69) is 16.0 Å². The lowest BCUT2D eigenvalue weighted by Gasteiger charge is -2.38. The number of aliphatic hydroxyl groups is 1. The van der Waals surface area contributed by atoms with Gasteiger partial charge in [-0.1, -0.05) is 32.9 Å². The van der Waals surface area contributed by atoms with Crippen LogP contribution in [0.3, 0.4) is 0 Å². The highest BCUT2D eigenvalue weighted by molar-refractivity contribution is 6.01. The largest absolute Gasteiger partial charge is 0.481 e. The molecular formula is C27H42N4O7. The number of nitrogens with one attached hydrogen (secondary N) is 3. The highest BCUT2D eigenvalue weighted by Crippen LogP contribution is 2.35. The fourth-order valence-electron chi connectivity index (χ4n) is 4.45. The summed E-state index contributed by atoms with van der Waals surface area (Å²) in [5, 5.41) is 28.6. The third-order valence-corrected chi connectivity index (χ3v) is 6.34. The number of carbonyl (C=O) groups is 4. The van der Waals surface area contributed by atoms with E-state index in [1.165, 1.54) is 14.0 Å². The van der Waals surface area contributed by atoms with E-state index in [1.54, 1.807) is 37.8 Å². The summed E-state index contributed by atoms with van der Waals surface area (Å²) < 4.78 is 5.35. The van der Waals surface area contributed by atoms with Gasteiger partial charge in [0, 0.05) is 13.5 Å². The average Bonchev–Trinajstić information content (AvgIpc) is 2.80. The van der Waals surface area contributed by atoms with Gasteiger partial charge in [-0.25, -0.2) is 4.79 Å². The summed E-state index contributed by atoms with van der Waals surface area (Å²) in [7, 11) is 1.54. The van der Waals surface area contributed by atoms with Crippen LogP contribution in [0.15, 0.2) is 24.3 Å². The molecule has 1 aromatic carbocycles. The Morgan fingerprint density at radius 2 is 1.79 bits per heavy atom. The van der Waals surface area contributed by atoms with Crippen LogP contribution in [0.1, 0.15) is 60.8 Å². The maximum absolute atomic E-state index is 13.6. The van der Waals surface area contributed by atoms with Crippen molar-refractivity contribution in [3.05, 3.63) is 24.3 Å². The summed E-state index contributed by atoms with van der Waals surface area (Å²) >= 11 is 0. The smallest absolute Gasteiger partial charge is 0.407 e. The molecule has 3 amide bonds. The van der Waals surface area contributed by atoms with Gasteiger partial charge in [0.2, 0.25) is 11.8 Å². The first kappa shape index (κ1) is 30.9. The quantitative estimate of drug-likeness (QED) is 0.307. The first-order valence-corrected chi connectivity index (χ1v) is 12.8. The molecule has 0 saturated heterocycles. The Morgan fingerprint density at radius 1 is 1.16 bits per heavy atom. The summed E-state index contributed by atoms with van der Waals surface area (Å²) in [4.78, 5) is 51.4. The molecule has 1 aliphatic heterocycles. The van der Waals surface area contributed by atoms with Crippen LogP contribution in [0.4, 0.5) is 16.2 Å². The number of ether oxygens (including phenoxy) is 1. The number of amides is 3. The van der Waals surface area contributed by atoms with E-state index < -0.39 is 47.2 Å². The zero-order valence-electron chi connectivity index (χ0n) is 23.3. The lowest BCUT2D eigenvalue weighted by atomic mass is 9.79. The van der Waals surface area contributed by atoms with Crippen LogP contribution >= 0.6 is 0 Å². The van der Waals surface area contributed by atoms with Crippen molar-refractivity contribution in [2.24, 2.45) is 11.3 Å². The number of anilines is 2.